The zero-order valence-corrected chi connectivity index (χ0v) is 41.7. The van der Waals surface area contributed by atoms with E-state index in [0.29, 0.717) is 49.7 Å². The summed E-state index contributed by atoms with van der Waals surface area (Å²) in [4.78, 5) is 39.6. The molecular formula is C51H78O18. The molecule has 0 radical (unpaired) electrons. The minimum Gasteiger partial charge on any atom is -0.479 e. The second-order valence-corrected chi connectivity index (χ2v) is 23.0. The highest BCUT2D eigenvalue weighted by atomic mass is 16.7. The van der Waals surface area contributed by atoms with E-state index in [0.717, 1.165) is 5.57 Å². The lowest BCUT2D eigenvalue weighted by molar-refractivity contribution is -0.358. The maximum Gasteiger partial charge on any atom is 0.335 e. The third-order valence-corrected chi connectivity index (χ3v) is 19.2. The summed E-state index contributed by atoms with van der Waals surface area (Å²) >= 11 is 0. The van der Waals surface area contributed by atoms with Crippen LogP contribution in [0.2, 0.25) is 0 Å². The van der Waals surface area contributed by atoms with Gasteiger partial charge in [0.2, 0.25) is 0 Å². The average molecular weight is 979 g/mol. The van der Waals surface area contributed by atoms with Crippen molar-refractivity contribution in [2.75, 3.05) is 19.8 Å². The quantitative estimate of drug-likeness (QED) is 0.0622. The minimum absolute atomic E-state index is 0.00913. The van der Waals surface area contributed by atoms with Gasteiger partial charge in [-0.1, -0.05) is 65.3 Å². The number of ether oxygens (including phenoxy) is 6. The molecule has 5 aliphatic carbocycles. The van der Waals surface area contributed by atoms with Crippen molar-refractivity contribution in [1.82, 2.24) is 0 Å². The molecule has 18 nitrogen and oxygen atoms in total. The van der Waals surface area contributed by atoms with E-state index in [9.17, 15) is 60.3 Å². The van der Waals surface area contributed by atoms with Gasteiger partial charge in [0.15, 0.2) is 24.8 Å². The van der Waals surface area contributed by atoms with Crippen LogP contribution in [0.3, 0.4) is 0 Å². The molecule has 21 atom stereocenters. The van der Waals surface area contributed by atoms with Gasteiger partial charge in [-0.15, -0.1) is 0 Å². The summed E-state index contributed by atoms with van der Waals surface area (Å²) in [6.45, 7) is 18.0. The number of carboxylic acid groups (broad SMARTS) is 1. The number of aliphatic hydroxyl groups excluding tert-OH is 8. The zero-order valence-electron chi connectivity index (χ0n) is 41.7. The van der Waals surface area contributed by atoms with Crippen LogP contribution < -0.4 is 0 Å². The number of carbonyl (C=O) groups is 3. The standard InChI is InChI=1S/C51H78O18/c1-11-24(3)42(62)68-39-40(69-43(63)25(4)12-2)51(23-53)27(19-46(39,5)6)26-13-14-30-47(7)17-16-32(48(8,22-52)29(47)15-18-49(30,9)50(26,10)20-31(51)55)65-45-36(59)37(35(58)38(67-45)41(60)61)66-44-34(57)33(56)28(54)21-64-44/h11-13,27-40,44-45,52-59H,14-23H2,1-10H3,(H,60,61)/b24-11?,25-12-/t27-,28-,29+,30+,31+,32-,33-,34+,35-,36+,37-,38-,39-,40-,44-,45+,47-,48-,49+,50+,51-/m0/s1. The third-order valence-electron chi connectivity index (χ3n) is 19.2. The molecule has 0 spiro atoms. The fraction of sp³-hybridized carbons (Fsp3) is 0.824. The number of allylic oxidation sites excluding steroid dienone is 4. The van der Waals surface area contributed by atoms with Crippen molar-refractivity contribution in [2.24, 2.45) is 50.2 Å². The highest BCUT2D eigenvalue weighted by Gasteiger charge is 2.74. The fourth-order valence-corrected chi connectivity index (χ4v) is 14.6. The van der Waals surface area contributed by atoms with E-state index in [1.807, 2.05) is 20.8 Å². The van der Waals surface area contributed by atoms with Crippen LogP contribution in [-0.4, -0.2) is 163 Å². The number of carbonyl (C=O) groups excluding carboxylic acids is 2. The number of aliphatic hydroxyl groups is 8. The minimum atomic E-state index is -1.96. The molecule has 0 amide bonds. The van der Waals surface area contributed by atoms with Crippen molar-refractivity contribution in [2.45, 2.75) is 194 Å². The highest BCUT2D eigenvalue weighted by Crippen LogP contribution is 2.76. The van der Waals surface area contributed by atoms with E-state index >= 15 is 0 Å². The van der Waals surface area contributed by atoms with Gasteiger partial charge in [-0.25, -0.2) is 14.4 Å². The predicted molar refractivity (Wildman–Crippen MR) is 244 cm³/mol. The molecule has 390 valence electrons. The molecule has 2 aliphatic heterocycles. The first-order chi connectivity index (χ1) is 32.2. The normalized spacial score (nSPS) is 48.7. The second-order valence-electron chi connectivity index (χ2n) is 23.0. The van der Waals surface area contributed by atoms with Crippen LogP contribution in [0.15, 0.2) is 34.9 Å². The lowest BCUT2D eigenvalue weighted by Gasteiger charge is -2.72. The summed E-state index contributed by atoms with van der Waals surface area (Å²) in [6, 6.07) is 0. The van der Waals surface area contributed by atoms with Crippen molar-refractivity contribution in [3.8, 4) is 0 Å². The number of hydrogen-bond donors (Lipinski definition) is 9. The number of carboxylic acids is 1. The monoisotopic (exact) mass is 979 g/mol. The van der Waals surface area contributed by atoms with Gasteiger partial charge in [0.25, 0.3) is 0 Å². The molecule has 7 aliphatic rings. The highest BCUT2D eigenvalue weighted by molar-refractivity contribution is 5.89. The Morgan fingerprint density at radius 2 is 1.38 bits per heavy atom. The molecule has 0 unspecified atom stereocenters. The Morgan fingerprint density at radius 3 is 1.96 bits per heavy atom. The Bertz CT molecular complexity index is 2050. The first kappa shape index (κ1) is 53.9. The molecule has 9 N–H and O–H groups in total. The van der Waals surface area contributed by atoms with Crippen LogP contribution in [0.1, 0.15) is 114 Å². The molecular weight excluding hydrogens is 901 g/mol. The molecule has 6 fully saturated rings. The topological polar surface area (TPSA) is 289 Å². The lowest BCUT2D eigenvalue weighted by Crippen LogP contribution is -2.72. The van der Waals surface area contributed by atoms with Crippen molar-refractivity contribution >= 4 is 17.9 Å². The number of hydrogen-bond acceptors (Lipinski definition) is 17. The number of aliphatic carboxylic acids is 1. The fourth-order valence-electron chi connectivity index (χ4n) is 14.6. The molecule has 4 saturated carbocycles. The molecule has 0 aromatic carbocycles. The molecule has 0 aromatic rings. The van der Waals surface area contributed by atoms with Crippen LogP contribution in [0, 0.1) is 50.2 Å². The SMILES string of the molecule is CC=C(C)C(=O)O[C@H]1[C@H](OC(=O)/C(C)=C\C)[C@]2(CO)[C@H](O)C[C@]3(C)C(=CC[C@@H]4[C@@]5(C)CC[C@H](O[C@@H]6O[C@H](C(=O)O)[C@@H](O)[C@H](O[C@@H]7OC[C@H](O)[C@H](O)[C@H]7O)[C@H]6O)[C@@](C)(CO)[C@@H]5CC[C@]43C)[C@@H]2CC1(C)C. The van der Waals surface area contributed by atoms with Crippen LogP contribution in [0.25, 0.3) is 0 Å². The van der Waals surface area contributed by atoms with E-state index in [1.165, 1.54) is 0 Å². The Hall–Kier alpha value is -2.85. The molecule has 18 heteroatoms. The maximum absolute atomic E-state index is 13.7. The van der Waals surface area contributed by atoms with Crippen molar-refractivity contribution < 1.29 is 88.8 Å². The van der Waals surface area contributed by atoms with E-state index < -0.39 is 149 Å². The Kier molecular flexibility index (Phi) is 15.0. The average Bonchev–Trinajstić information content (AvgIpc) is 3.29. The van der Waals surface area contributed by atoms with E-state index in [1.54, 1.807) is 39.8 Å². The van der Waals surface area contributed by atoms with Crippen LogP contribution in [0.4, 0.5) is 0 Å². The van der Waals surface area contributed by atoms with Gasteiger partial charge in [-0.2, -0.15) is 0 Å². The third kappa shape index (κ3) is 8.37. The van der Waals surface area contributed by atoms with Crippen LogP contribution >= 0.6 is 0 Å². The first-order valence-corrected chi connectivity index (χ1v) is 24.7. The Balaban J connectivity index is 1.20. The van der Waals surface area contributed by atoms with Gasteiger partial charge in [-0.3, -0.25) is 0 Å². The maximum atomic E-state index is 13.7. The van der Waals surface area contributed by atoms with Gasteiger partial charge < -0.3 is 74.4 Å². The molecule has 69 heavy (non-hydrogen) atoms. The largest absolute Gasteiger partial charge is 0.479 e. The van der Waals surface area contributed by atoms with Gasteiger partial charge in [0.1, 0.15) is 42.7 Å². The van der Waals surface area contributed by atoms with Gasteiger partial charge in [0.05, 0.1) is 37.4 Å². The van der Waals surface area contributed by atoms with Gasteiger partial charge in [0, 0.05) is 22.0 Å². The van der Waals surface area contributed by atoms with Crippen molar-refractivity contribution in [3.05, 3.63) is 34.9 Å². The molecule has 0 bridgehead atoms. The summed E-state index contributed by atoms with van der Waals surface area (Å²) < 4.78 is 35.9. The van der Waals surface area contributed by atoms with E-state index in [4.69, 9.17) is 28.4 Å². The molecule has 2 heterocycles. The van der Waals surface area contributed by atoms with E-state index in [-0.39, 0.29) is 24.9 Å². The Labute approximate surface area is 404 Å². The summed E-state index contributed by atoms with van der Waals surface area (Å²) in [5.74, 6) is -3.43. The van der Waals surface area contributed by atoms with Gasteiger partial charge >= 0.3 is 17.9 Å². The summed E-state index contributed by atoms with van der Waals surface area (Å²) in [6.07, 6.45) is -10.9. The summed E-state index contributed by atoms with van der Waals surface area (Å²) in [5.41, 5.74) is -2.90. The number of esters is 2. The Morgan fingerprint density at radius 1 is 0.754 bits per heavy atom. The second kappa shape index (κ2) is 19.2. The number of fused-ring (bicyclic) bond motifs is 7. The summed E-state index contributed by atoms with van der Waals surface area (Å²) in [5, 5.41) is 99.5. The van der Waals surface area contributed by atoms with E-state index in [2.05, 4.69) is 26.8 Å². The van der Waals surface area contributed by atoms with Crippen molar-refractivity contribution in [1.29, 1.82) is 0 Å². The zero-order chi connectivity index (χ0) is 51.1. The first-order valence-electron chi connectivity index (χ1n) is 24.7. The molecule has 0 aromatic heterocycles. The molecule has 7 rings (SSSR count). The van der Waals surface area contributed by atoms with Crippen LogP contribution in [-0.2, 0) is 42.8 Å². The lowest BCUT2D eigenvalue weighted by atomic mass is 9.33. The smallest absolute Gasteiger partial charge is 0.335 e. The number of rotatable bonds is 11. The summed E-state index contributed by atoms with van der Waals surface area (Å²) in [7, 11) is 0. The molecule has 2 saturated heterocycles. The van der Waals surface area contributed by atoms with Crippen molar-refractivity contribution in [3.63, 3.8) is 0 Å². The van der Waals surface area contributed by atoms with Crippen LogP contribution in [0.5, 0.6) is 0 Å². The predicted octanol–water partition coefficient (Wildman–Crippen LogP) is 2.44. The van der Waals surface area contributed by atoms with Gasteiger partial charge in [-0.05, 0) is 107 Å².